The van der Waals surface area contributed by atoms with Gasteiger partial charge >= 0.3 is 0 Å². The summed E-state index contributed by atoms with van der Waals surface area (Å²) in [7, 11) is 0. The number of hydrogen-bond acceptors (Lipinski definition) is 2. The van der Waals surface area contributed by atoms with Crippen LogP contribution in [0.4, 0.5) is 0 Å². The largest absolute Gasteiger partial charge is 0.270 e. The second kappa shape index (κ2) is 3.63. The Labute approximate surface area is 64.3 Å². The summed E-state index contributed by atoms with van der Waals surface area (Å²) in [6.07, 6.45) is 1.73. The lowest BCUT2D eigenvalue weighted by Gasteiger charge is -1.98. The number of hydrogen-bond donors (Lipinski definition) is 0. The maximum absolute atomic E-state index is 7.99. The average Bonchev–Trinajstić information content (AvgIpc) is 2.37. The van der Waals surface area contributed by atoms with Crippen LogP contribution in [0.15, 0.2) is 17.4 Å². The van der Waals surface area contributed by atoms with Gasteiger partial charge in [0, 0.05) is 29.9 Å². The van der Waals surface area contributed by atoms with Gasteiger partial charge in [0.2, 0.25) is 0 Å². The summed E-state index contributed by atoms with van der Waals surface area (Å²) in [6.45, 7) is 3.07. The zero-order valence-electron chi connectivity index (χ0n) is 6.30. The highest BCUT2D eigenvalue weighted by molar-refractivity contribution is 4.96. The molecule has 1 rings (SSSR count). The smallest absolute Gasteiger partial charge is 0.0492 e. The molecule has 0 aromatic carbocycles. The Kier molecular flexibility index (Phi) is 2.52. The molecule has 58 valence electrons. The topological polar surface area (TPSA) is 66.6 Å². The molecule has 0 unspecified atom stereocenters. The molecule has 0 saturated carbocycles. The van der Waals surface area contributed by atoms with Crippen LogP contribution in [-0.2, 0) is 6.54 Å². The minimum Gasteiger partial charge on any atom is -0.270 e. The van der Waals surface area contributed by atoms with E-state index in [1.54, 1.807) is 10.9 Å². The Morgan fingerprint density at radius 2 is 2.64 bits per heavy atom. The molecule has 0 radical (unpaired) electrons. The van der Waals surface area contributed by atoms with E-state index >= 15 is 0 Å². The van der Waals surface area contributed by atoms with Crippen molar-refractivity contribution in [3.63, 3.8) is 0 Å². The quantitative estimate of drug-likeness (QED) is 0.366. The van der Waals surface area contributed by atoms with Crippen LogP contribution < -0.4 is 0 Å². The second-order valence-electron chi connectivity index (χ2n) is 2.15. The van der Waals surface area contributed by atoms with E-state index in [-0.39, 0.29) is 0 Å². The van der Waals surface area contributed by atoms with E-state index in [1.165, 1.54) is 0 Å². The minimum absolute atomic E-state index is 0.457. The average molecular weight is 151 g/mol. The van der Waals surface area contributed by atoms with Gasteiger partial charge < -0.3 is 0 Å². The SMILES string of the molecule is Cc1ccnn1CCN=[N+]=[N-]. The van der Waals surface area contributed by atoms with E-state index in [9.17, 15) is 0 Å². The molecule has 5 heteroatoms. The summed E-state index contributed by atoms with van der Waals surface area (Å²) in [4.78, 5) is 2.65. The fourth-order valence-electron chi connectivity index (χ4n) is 0.817. The molecule has 0 aliphatic heterocycles. The minimum atomic E-state index is 0.457. The fourth-order valence-corrected chi connectivity index (χ4v) is 0.817. The van der Waals surface area contributed by atoms with Gasteiger partial charge in [0.1, 0.15) is 0 Å². The molecule has 0 aliphatic rings. The third-order valence-electron chi connectivity index (χ3n) is 1.40. The predicted molar refractivity (Wildman–Crippen MR) is 41.0 cm³/mol. The van der Waals surface area contributed by atoms with E-state index in [1.807, 2.05) is 13.0 Å². The summed E-state index contributed by atoms with van der Waals surface area (Å²) in [5.74, 6) is 0. The Morgan fingerprint density at radius 1 is 1.82 bits per heavy atom. The van der Waals surface area contributed by atoms with Crippen molar-refractivity contribution < 1.29 is 0 Å². The number of nitrogens with zero attached hydrogens (tertiary/aromatic N) is 5. The van der Waals surface area contributed by atoms with Crippen molar-refractivity contribution in [3.05, 3.63) is 28.4 Å². The van der Waals surface area contributed by atoms with Gasteiger partial charge in [-0.05, 0) is 18.5 Å². The van der Waals surface area contributed by atoms with Crippen molar-refractivity contribution in [1.82, 2.24) is 9.78 Å². The molecule has 0 amide bonds. The molecule has 0 N–H and O–H groups in total. The fraction of sp³-hybridized carbons (Fsp3) is 0.500. The molecule has 1 aromatic heterocycles. The van der Waals surface area contributed by atoms with Crippen LogP contribution in [-0.4, -0.2) is 16.3 Å². The molecule has 1 aromatic rings. The van der Waals surface area contributed by atoms with Crippen molar-refractivity contribution in [2.45, 2.75) is 13.5 Å². The molecule has 1 heterocycles. The van der Waals surface area contributed by atoms with Gasteiger partial charge in [0.05, 0.1) is 0 Å². The summed E-state index contributed by atoms with van der Waals surface area (Å²) >= 11 is 0. The summed E-state index contributed by atoms with van der Waals surface area (Å²) in [5.41, 5.74) is 9.07. The van der Waals surface area contributed by atoms with Gasteiger partial charge in [-0.3, -0.25) is 4.68 Å². The molecule has 0 spiro atoms. The predicted octanol–water partition coefficient (Wildman–Crippen LogP) is 1.50. The normalized spacial score (nSPS) is 9.18. The van der Waals surface area contributed by atoms with Crippen molar-refractivity contribution in [2.24, 2.45) is 5.11 Å². The lowest BCUT2D eigenvalue weighted by molar-refractivity contribution is 0.607. The monoisotopic (exact) mass is 151 g/mol. The number of aromatic nitrogens is 2. The van der Waals surface area contributed by atoms with Gasteiger partial charge in [-0.25, -0.2) is 0 Å². The molecule has 0 aliphatic carbocycles. The number of azide groups is 1. The number of aryl methyl sites for hydroxylation is 1. The first-order chi connectivity index (χ1) is 5.34. The molecular weight excluding hydrogens is 142 g/mol. The molecule has 11 heavy (non-hydrogen) atoms. The number of rotatable bonds is 3. The first kappa shape index (κ1) is 7.63. The van der Waals surface area contributed by atoms with Crippen molar-refractivity contribution >= 4 is 0 Å². The van der Waals surface area contributed by atoms with Crippen molar-refractivity contribution in [1.29, 1.82) is 0 Å². The zero-order chi connectivity index (χ0) is 8.10. The molecular formula is C6H9N5. The van der Waals surface area contributed by atoms with E-state index in [4.69, 9.17) is 5.53 Å². The first-order valence-electron chi connectivity index (χ1n) is 3.34. The van der Waals surface area contributed by atoms with Crippen LogP contribution in [0.25, 0.3) is 10.4 Å². The standard InChI is InChI=1S/C6H9N5/c1-6-2-3-9-11(6)5-4-8-10-7/h2-3H,4-5H2,1H3. The highest BCUT2D eigenvalue weighted by atomic mass is 15.3. The molecule has 0 atom stereocenters. The maximum atomic E-state index is 7.99. The Hall–Kier alpha value is -1.48. The van der Waals surface area contributed by atoms with Crippen LogP contribution in [0, 0.1) is 6.92 Å². The Balaban J connectivity index is 2.50. The van der Waals surface area contributed by atoms with Crippen LogP contribution >= 0.6 is 0 Å². The third-order valence-corrected chi connectivity index (χ3v) is 1.40. The molecule has 5 nitrogen and oxygen atoms in total. The van der Waals surface area contributed by atoms with Gasteiger partial charge in [-0.2, -0.15) is 5.10 Å². The molecule has 0 fully saturated rings. The molecule has 0 saturated heterocycles. The van der Waals surface area contributed by atoms with Crippen LogP contribution in [0.1, 0.15) is 5.69 Å². The van der Waals surface area contributed by atoms with E-state index in [0.29, 0.717) is 13.1 Å². The lowest BCUT2D eigenvalue weighted by Crippen LogP contribution is -2.03. The van der Waals surface area contributed by atoms with Crippen molar-refractivity contribution in [3.8, 4) is 0 Å². The Morgan fingerprint density at radius 3 is 3.18 bits per heavy atom. The van der Waals surface area contributed by atoms with Crippen LogP contribution in [0.5, 0.6) is 0 Å². The van der Waals surface area contributed by atoms with E-state index in [0.717, 1.165) is 5.69 Å². The highest BCUT2D eigenvalue weighted by Gasteiger charge is 1.93. The third kappa shape index (κ3) is 1.98. The summed E-state index contributed by atoms with van der Waals surface area (Å²) < 4.78 is 1.80. The lowest BCUT2D eigenvalue weighted by atomic mass is 10.5. The summed E-state index contributed by atoms with van der Waals surface area (Å²) in [5, 5.41) is 7.43. The van der Waals surface area contributed by atoms with E-state index in [2.05, 4.69) is 15.1 Å². The van der Waals surface area contributed by atoms with Crippen LogP contribution in [0.2, 0.25) is 0 Å². The van der Waals surface area contributed by atoms with Gasteiger partial charge in [-0.15, -0.1) is 0 Å². The van der Waals surface area contributed by atoms with Crippen LogP contribution in [0.3, 0.4) is 0 Å². The Bertz CT molecular complexity index is 270. The maximum Gasteiger partial charge on any atom is 0.0492 e. The second-order valence-corrected chi connectivity index (χ2v) is 2.15. The zero-order valence-corrected chi connectivity index (χ0v) is 6.30. The first-order valence-corrected chi connectivity index (χ1v) is 3.34. The van der Waals surface area contributed by atoms with Gasteiger partial charge in [0.15, 0.2) is 0 Å². The van der Waals surface area contributed by atoms with Gasteiger partial charge in [-0.1, -0.05) is 5.11 Å². The van der Waals surface area contributed by atoms with E-state index < -0.39 is 0 Å². The van der Waals surface area contributed by atoms with Gasteiger partial charge in [0.25, 0.3) is 0 Å². The van der Waals surface area contributed by atoms with Crippen molar-refractivity contribution in [2.75, 3.05) is 6.54 Å². The highest BCUT2D eigenvalue weighted by Crippen LogP contribution is 1.94. The summed E-state index contributed by atoms with van der Waals surface area (Å²) in [6, 6.07) is 1.91. The molecule has 0 bridgehead atoms.